The van der Waals surface area contributed by atoms with Crippen LogP contribution in [-0.4, -0.2) is 43.0 Å². The van der Waals surface area contributed by atoms with Gasteiger partial charge < -0.3 is 10.4 Å². The molecule has 0 aliphatic carbocycles. The lowest BCUT2D eigenvalue weighted by Gasteiger charge is -2.21. The van der Waals surface area contributed by atoms with Crippen molar-refractivity contribution >= 4 is 16.9 Å². The van der Waals surface area contributed by atoms with E-state index in [4.69, 9.17) is 0 Å². The fourth-order valence-corrected chi connectivity index (χ4v) is 2.51. The summed E-state index contributed by atoms with van der Waals surface area (Å²) in [5.74, 6) is 0.780. The van der Waals surface area contributed by atoms with E-state index in [-0.39, 0.29) is 12.0 Å². The van der Waals surface area contributed by atoms with E-state index in [2.05, 4.69) is 39.2 Å². The summed E-state index contributed by atoms with van der Waals surface area (Å²) in [5, 5.41) is 18.0. The van der Waals surface area contributed by atoms with Gasteiger partial charge in [-0.1, -0.05) is 13.8 Å². The summed E-state index contributed by atoms with van der Waals surface area (Å²) in [7, 11) is 0. The van der Waals surface area contributed by atoms with Crippen LogP contribution >= 0.6 is 0 Å². The molecule has 0 saturated heterocycles. The Labute approximate surface area is 140 Å². The van der Waals surface area contributed by atoms with Crippen LogP contribution < -0.4 is 5.32 Å². The van der Waals surface area contributed by atoms with Gasteiger partial charge in [-0.15, -0.1) is 0 Å². The number of hydrogen-bond donors (Lipinski definition) is 2. The van der Waals surface area contributed by atoms with Gasteiger partial charge in [-0.25, -0.2) is 14.6 Å². The molecule has 0 spiro atoms. The molecule has 0 saturated carbocycles. The second-order valence-corrected chi connectivity index (χ2v) is 6.57. The molecule has 0 unspecified atom stereocenters. The third kappa shape index (κ3) is 3.51. The van der Waals surface area contributed by atoms with Crippen LogP contribution in [0.1, 0.15) is 26.7 Å². The van der Waals surface area contributed by atoms with Crippen LogP contribution in [0.5, 0.6) is 0 Å². The molecule has 3 aromatic heterocycles. The van der Waals surface area contributed by atoms with Gasteiger partial charge in [0.1, 0.15) is 12.1 Å². The van der Waals surface area contributed by atoms with Crippen molar-refractivity contribution in [1.82, 2.24) is 24.7 Å². The Bertz CT molecular complexity index is 799. The van der Waals surface area contributed by atoms with Gasteiger partial charge in [0.25, 0.3) is 0 Å². The molecule has 0 fully saturated rings. The van der Waals surface area contributed by atoms with E-state index in [0.717, 1.165) is 41.9 Å². The van der Waals surface area contributed by atoms with E-state index in [1.807, 2.05) is 12.1 Å². The molecule has 0 atom stereocenters. The fraction of sp³-hybridized carbons (Fsp3) is 0.412. The minimum atomic E-state index is -0.0467. The number of anilines is 1. The molecule has 24 heavy (non-hydrogen) atoms. The van der Waals surface area contributed by atoms with E-state index < -0.39 is 0 Å². The van der Waals surface area contributed by atoms with Gasteiger partial charge in [-0.2, -0.15) is 5.10 Å². The summed E-state index contributed by atoms with van der Waals surface area (Å²) in [4.78, 5) is 12.7. The quantitative estimate of drug-likeness (QED) is 0.648. The van der Waals surface area contributed by atoms with Crippen molar-refractivity contribution in [3.8, 4) is 5.69 Å². The SMILES string of the molecule is CC(C)(CO)CCCNc1ncnc2c1cnn2-c1ccncc1. The maximum Gasteiger partial charge on any atom is 0.168 e. The molecule has 2 N–H and O–H groups in total. The van der Waals surface area contributed by atoms with Gasteiger partial charge in [-0.3, -0.25) is 4.98 Å². The average molecular weight is 326 g/mol. The summed E-state index contributed by atoms with van der Waals surface area (Å²) >= 11 is 0. The monoisotopic (exact) mass is 326 g/mol. The topological polar surface area (TPSA) is 88.8 Å². The highest BCUT2D eigenvalue weighted by Gasteiger charge is 2.16. The predicted molar refractivity (Wildman–Crippen MR) is 93.0 cm³/mol. The lowest BCUT2D eigenvalue weighted by atomic mass is 9.89. The van der Waals surface area contributed by atoms with Gasteiger partial charge in [0.2, 0.25) is 0 Å². The van der Waals surface area contributed by atoms with Crippen molar-refractivity contribution in [3.05, 3.63) is 37.1 Å². The maximum absolute atomic E-state index is 9.31. The number of aromatic nitrogens is 5. The van der Waals surface area contributed by atoms with Crippen LogP contribution in [-0.2, 0) is 0 Å². The molecule has 3 aromatic rings. The van der Waals surface area contributed by atoms with Gasteiger partial charge in [0.05, 0.1) is 17.3 Å². The van der Waals surface area contributed by atoms with Crippen molar-refractivity contribution < 1.29 is 5.11 Å². The molecule has 0 aliphatic rings. The van der Waals surface area contributed by atoms with Crippen molar-refractivity contribution in [2.75, 3.05) is 18.5 Å². The van der Waals surface area contributed by atoms with Crippen molar-refractivity contribution in [2.45, 2.75) is 26.7 Å². The third-order valence-electron chi connectivity index (χ3n) is 4.02. The van der Waals surface area contributed by atoms with Gasteiger partial charge >= 0.3 is 0 Å². The van der Waals surface area contributed by atoms with E-state index in [9.17, 15) is 5.11 Å². The lowest BCUT2D eigenvalue weighted by Crippen LogP contribution is -2.18. The first-order valence-electron chi connectivity index (χ1n) is 8.05. The molecule has 126 valence electrons. The first kappa shape index (κ1) is 16.3. The first-order chi connectivity index (χ1) is 11.6. The van der Waals surface area contributed by atoms with Crippen LogP contribution in [0.15, 0.2) is 37.1 Å². The number of nitrogens with zero attached hydrogens (tertiary/aromatic N) is 5. The summed E-state index contributed by atoms with van der Waals surface area (Å²) in [5.41, 5.74) is 1.62. The van der Waals surface area contributed by atoms with Gasteiger partial charge in [-0.05, 0) is 30.4 Å². The summed E-state index contributed by atoms with van der Waals surface area (Å²) < 4.78 is 1.78. The van der Waals surface area contributed by atoms with Crippen molar-refractivity contribution in [2.24, 2.45) is 5.41 Å². The molecule has 3 heterocycles. The standard InChI is InChI=1S/C17H22N6O/c1-17(2,11-24)6-3-7-19-15-14-10-22-23(16(14)21-12-20-15)13-4-8-18-9-5-13/h4-5,8-10,12,24H,3,6-7,11H2,1-2H3,(H,19,20,21). The Morgan fingerprint density at radius 2 is 2.00 bits per heavy atom. The third-order valence-corrected chi connectivity index (χ3v) is 4.02. The molecule has 0 radical (unpaired) electrons. The molecule has 7 heteroatoms. The Morgan fingerprint density at radius 3 is 2.75 bits per heavy atom. The number of nitrogens with one attached hydrogen (secondary N) is 1. The summed E-state index contributed by atoms with van der Waals surface area (Å²) in [6.45, 7) is 5.11. The van der Waals surface area contributed by atoms with Gasteiger partial charge in [0, 0.05) is 25.5 Å². The zero-order valence-corrected chi connectivity index (χ0v) is 14.0. The number of rotatable bonds is 7. The Hall–Kier alpha value is -2.54. The van der Waals surface area contributed by atoms with Crippen LogP contribution in [0.3, 0.4) is 0 Å². The average Bonchev–Trinajstić information content (AvgIpc) is 3.04. The number of hydrogen-bond acceptors (Lipinski definition) is 6. The second kappa shape index (κ2) is 6.92. The highest BCUT2D eigenvalue weighted by Crippen LogP contribution is 2.23. The summed E-state index contributed by atoms with van der Waals surface area (Å²) in [6.07, 6.45) is 8.67. The Kier molecular flexibility index (Phi) is 4.71. The van der Waals surface area contributed by atoms with Crippen LogP contribution in [0, 0.1) is 5.41 Å². The van der Waals surface area contributed by atoms with E-state index in [1.165, 1.54) is 0 Å². The zero-order chi connectivity index (χ0) is 17.0. The van der Waals surface area contributed by atoms with E-state index in [0.29, 0.717) is 0 Å². The second-order valence-electron chi connectivity index (χ2n) is 6.57. The van der Waals surface area contributed by atoms with Crippen LogP contribution in [0.25, 0.3) is 16.7 Å². The molecule has 0 aromatic carbocycles. The molecule has 0 amide bonds. The number of fused-ring (bicyclic) bond motifs is 1. The minimum absolute atomic E-state index is 0.0467. The minimum Gasteiger partial charge on any atom is -0.396 e. The number of aliphatic hydroxyl groups is 1. The summed E-state index contributed by atoms with van der Waals surface area (Å²) in [6, 6.07) is 3.78. The van der Waals surface area contributed by atoms with Crippen LogP contribution in [0.4, 0.5) is 5.82 Å². The first-order valence-corrected chi connectivity index (χ1v) is 8.05. The van der Waals surface area contributed by atoms with E-state index >= 15 is 0 Å². The van der Waals surface area contributed by atoms with E-state index in [1.54, 1.807) is 29.6 Å². The van der Waals surface area contributed by atoms with Crippen LogP contribution in [0.2, 0.25) is 0 Å². The lowest BCUT2D eigenvalue weighted by molar-refractivity contribution is 0.149. The Morgan fingerprint density at radius 1 is 1.21 bits per heavy atom. The number of pyridine rings is 1. The maximum atomic E-state index is 9.31. The molecular formula is C17H22N6O. The zero-order valence-electron chi connectivity index (χ0n) is 14.0. The molecule has 3 rings (SSSR count). The van der Waals surface area contributed by atoms with Crippen molar-refractivity contribution in [3.63, 3.8) is 0 Å². The molecule has 7 nitrogen and oxygen atoms in total. The highest BCUT2D eigenvalue weighted by atomic mass is 16.3. The molecule has 0 aliphatic heterocycles. The smallest absolute Gasteiger partial charge is 0.168 e. The largest absolute Gasteiger partial charge is 0.396 e. The normalized spacial score (nSPS) is 11.8. The predicted octanol–water partition coefficient (Wildman–Crippen LogP) is 2.42. The van der Waals surface area contributed by atoms with Gasteiger partial charge in [0.15, 0.2) is 5.65 Å². The van der Waals surface area contributed by atoms with Crippen molar-refractivity contribution in [1.29, 1.82) is 0 Å². The fourth-order valence-electron chi connectivity index (χ4n) is 2.51. The number of aliphatic hydroxyl groups excluding tert-OH is 1. The Balaban J connectivity index is 1.75. The molecule has 0 bridgehead atoms. The molecular weight excluding hydrogens is 304 g/mol. The highest BCUT2D eigenvalue weighted by molar-refractivity contribution is 5.87.